The molecule has 0 heterocycles. The molecule has 0 bridgehead atoms. The Labute approximate surface area is 88.2 Å². The van der Waals surface area contributed by atoms with Crippen LogP contribution in [0, 0.1) is 5.21 Å². The van der Waals surface area contributed by atoms with Gasteiger partial charge in [0, 0.05) is 5.88 Å². The second kappa shape index (κ2) is 4.26. The van der Waals surface area contributed by atoms with Crippen LogP contribution >= 0.6 is 11.6 Å². The molecule has 0 aliphatic heterocycles. The van der Waals surface area contributed by atoms with Gasteiger partial charge in [0.05, 0.1) is 11.3 Å². The summed E-state index contributed by atoms with van der Waals surface area (Å²) in [5.41, 5.74) is -1.41. The van der Waals surface area contributed by atoms with Crippen LogP contribution in [0.15, 0.2) is 18.2 Å². The zero-order valence-electron chi connectivity index (χ0n) is 7.25. The van der Waals surface area contributed by atoms with E-state index in [1.54, 1.807) is 0 Å². The first-order valence-corrected chi connectivity index (χ1v) is 4.31. The third-order valence-electron chi connectivity index (χ3n) is 1.68. The highest BCUT2D eigenvalue weighted by Gasteiger charge is 2.31. The summed E-state index contributed by atoms with van der Waals surface area (Å²) in [7, 11) is 0. The summed E-state index contributed by atoms with van der Waals surface area (Å²) in [6.07, 6.45) is -4.58. The van der Waals surface area contributed by atoms with E-state index < -0.39 is 22.7 Å². The Hall–Kier alpha value is -0.980. The van der Waals surface area contributed by atoms with Crippen LogP contribution in [0.2, 0.25) is 0 Å². The van der Waals surface area contributed by atoms with Crippen LogP contribution in [0.25, 0.3) is 0 Å². The highest BCUT2D eigenvalue weighted by molar-refractivity contribution is 6.17. The van der Waals surface area contributed by atoms with Crippen LogP contribution in [-0.2, 0) is 12.1 Å². The van der Waals surface area contributed by atoms with Crippen molar-refractivity contribution in [2.75, 3.05) is 5.23 Å². The van der Waals surface area contributed by atoms with Crippen molar-refractivity contribution < 1.29 is 18.4 Å². The lowest BCUT2D eigenvalue weighted by atomic mass is 10.1. The zero-order valence-corrected chi connectivity index (χ0v) is 8.01. The molecule has 0 fully saturated rings. The Morgan fingerprint density at radius 1 is 1.33 bits per heavy atom. The molecule has 1 aromatic rings. The van der Waals surface area contributed by atoms with Crippen LogP contribution in [0.3, 0.4) is 0 Å². The zero-order chi connectivity index (χ0) is 11.6. The van der Waals surface area contributed by atoms with Gasteiger partial charge in [0.1, 0.15) is 0 Å². The highest BCUT2D eigenvalue weighted by Crippen LogP contribution is 2.32. The van der Waals surface area contributed by atoms with E-state index in [1.807, 2.05) is 0 Å². The van der Waals surface area contributed by atoms with E-state index in [4.69, 9.17) is 16.8 Å². The second-order valence-corrected chi connectivity index (χ2v) is 3.06. The highest BCUT2D eigenvalue weighted by atomic mass is 35.5. The van der Waals surface area contributed by atoms with E-state index in [9.17, 15) is 18.4 Å². The lowest BCUT2D eigenvalue weighted by Crippen LogP contribution is -2.11. The van der Waals surface area contributed by atoms with Crippen molar-refractivity contribution in [1.82, 2.24) is 0 Å². The number of benzene rings is 1. The van der Waals surface area contributed by atoms with Gasteiger partial charge in [-0.05, 0) is 23.8 Å². The van der Waals surface area contributed by atoms with Crippen molar-refractivity contribution in [3.8, 4) is 0 Å². The molecule has 0 atom stereocenters. The second-order valence-electron chi connectivity index (χ2n) is 2.79. The Morgan fingerprint density at radius 2 is 1.93 bits per heavy atom. The first-order valence-electron chi connectivity index (χ1n) is 3.78. The summed E-state index contributed by atoms with van der Waals surface area (Å²) in [5, 5.41) is 18.3. The molecule has 0 saturated carbocycles. The Balaban J connectivity index is 3.23. The molecule has 0 unspecified atom stereocenters. The molecule has 7 heteroatoms. The van der Waals surface area contributed by atoms with Gasteiger partial charge in [0.2, 0.25) is 0 Å². The van der Waals surface area contributed by atoms with Crippen LogP contribution in [-0.4, -0.2) is 5.21 Å². The van der Waals surface area contributed by atoms with Gasteiger partial charge < -0.3 is 10.4 Å². The van der Waals surface area contributed by atoms with Crippen LogP contribution in [0.4, 0.5) is 18.9 Å². The maximum absolute atomic E-state index is 12.3. The SMILES string of the molecule is [O-]N(O)c1cc(CCl)cc(C(F)(F)F)c1. The molecular formula is C8H6ClF3NO2-. The van der Waals surface area contributed by atoms with E-state index in [-0.39, 0.29) is 11.4 Å². The average molecular weight is 241 g/mol. The van der Waals surface area contributed by atoms with E-state index in [1.165, 1.54) is 0 Å². The van der Waals surface area contributed by atoms with E-state index in [0.29, 0.717) is 6.07 Å². The minimum atomic E-state index is -4.58. The van der Waals surface area contributed by atoms with Gasteiger partial charge in [-0.1, -0.05) is 0 Å². The minimum absolute atomic E-state index is 0.108. The average Bonchev–Trinajstić information content (AvgIpc) is 2.15. The lowest BCUT2D eigenvalue weighted by molar-refractivity contribution is -0.137. The number of hydrogen-bond donors (Lipinski definition) is 1. The number of anilines is 1. The van der Waals surface area contributed by atoms with Gasteiger partial charge >= 0.3 is 6.18 Å². The van der Waals surface area contributed by atoms with Gasteiger partial charge in [-0.15, -0.1) is 11.6 Å². The molecule has 84 valence electrons. The maximum atomic E-state index is 12.3. The molecule has 1 aromatic carbocycles. The number of rotatable bonds is 2. The fourth-order valence-corrected chi connectivity index (χ4v) is 1.18. The van der Waals surface area contributed by atoms with Crippen LogP contribution < -0.4 is 5.23 Å². The standard InChI is InChI=1S/C8H6ClF3NO2/c9-4-5-1-6(8(10,11)12)3-7(2-5)13(14)15/h1-3,14H,4H2/q-1. The molecule has 0 amide bonds. The number of halogens is 4. The monoisotopic (exact) mass is 240 g/mol. The van der Waals surface area contributed by atoms with Crippen molar-refractivity contribution in [1.29, 1.82) is 0 Å². The summed E-state index contributed by atoms with van der Waals surface area (Å²) in [5.74, 6) is -0.176. The molecule has 0 aliphatic rings. The van der Waals surface area contributed by atoms with Gasteiger partial charge in [-0.25, -0.2) is 0 Å². The number of alkyl halides is 4. The first-order chi connectivity index (χ1) is 6.84. The Kier molecular flexibility index (Phi) is 3.43. The fraction of sp³-hybridized carbons (Fsp3) is 0.250. The van der Waals surface area contributed by atoms with Gasteiger partial charge in [0.25, 0.3) is 0 Å². The van der Waals surface area contributed by atoms with E-state index in [0.717, 1.165) is 12.1 Å². The molecule has 0 spiro atoms. The Bertz CT molecular complexity index is 354. The van der Waals surface area contributed by atoms with Gasteiger partial charge in [-0.2, -0.15) is 13.2 Å². The smallest absolute Gasteiger partial charge is 0.416 e. The van der Waals surface area contributed by atoms with Crippen molar-refractivity contribution >= 4 is 17.3 Å². The third-order valence-corrected chi connectivity index (χ3v) is 1.99. The Morgan fingerprint density at radius 3 is 2.33 bits per heavy atom. The summed E-state index contributed by atoms with van der Waals surface area (Å²) < 4.78 is 36.9. The minimum Gasteiger partial charge on any atom is -0.733 e. The number of hydrogen-bond acceptors (Lipinski definition) is 3. The normalized spacial score (nSPS) is 11.6. The predicted octanol–water partition coefficient (Wildman–Crippen LogP) is 3.14. The van der Waals surface area contributed by atoms with Gasteiger partial charge in [0.15, 0.2) is 0 Å². The lowest BCUT2D eigenvalue weighted by Gasteiger charge is -2.23. The molecule has 0 radical (unpaired) electrons. The summed E-state index contributed by atoms with van der Waals surface area (Å²) in [6.45, 7) is 0. The number of nitrogens with zero attached hydrogens (tertiary/aromatic N) is 1. The predicted molar refractivity (Wildman–Crippen MR) is 48.6 cm³/mol. The molecule has 0 aliphatic carbocycles. The molecule has 1 rings (SSSR count). The fourth-order valence-electron chi connectivity index (χ4n) is 1.03. The van der Waals surface area contributed by atoms with E-state index >= 15 is 0 Å². The molecule has 1 N–H and O–H groups in total. The molecule has 3 nitrogen and oxygen atoms in total. The van der Waals surface area contributed by atoms with Crippen LogP contribution in [0.5, 0.6) is 0 Å². The van der Waals surface area contributed by atoms with Crippen LogP contribution in [0.1, 0.15) is 11.1 Å². The van der Waals surface area contributed by atoms with Crippen molar-refractivity contribution in [3.63, 3.8) is 0 Å². The maximum Gasteiger partial charge on any atom is 0.416 e. The van der Waals surface area contributed by atoms with Gasteiger partial charge in [-0.3, -0.25) is 5.21 Å². The van der Waals surface area contributed by atoms with Crippen molar-refractivity contribution in [2.45, 2.75) is 12.1 Å². The topological polar surface area (TPSA) is 46.5 Å². The van der Waals surface area contributed by atoms with E-state index in [2.05, 4.69) is 0 Å². The quantitative estimate of drug-likeness (QED) is 0.638. The molecule has 15 heavy (non-hydrogen) atoms. The summed E-state index contributed by atoms with van der Waals surface area (Å²) in [4.78, 5) is 0. The molecule has 0 aromatic heterocycles. The summed E-state index contributed by atoms with van der Waals surface area (Å²) >= 11 is 5.36. The molecular weight excluding hydrogens is 235 g/mol. The largest absolute Gasteiger partial charge is 0.733 e. The first kappa shape index (κ1) is 12.1. The summed E-state index contributed by atoms with van der Waals surface area (Å²) in [6, 6.07) is 2.44. The molecule has 0 saturated heterocycles. The van der Waals surface area contributed by atoms with Crippen molar-refractivity contribution in [2.24, 2.45) is 0 Å². The third kappa shape index (κ3) is 2.98. The van der Waals surface area contributed by atoms with Crippen molar-refractivity contribution in [3.05, 3.63) is 34.5 Å².